The number of ether oxygens (including phenoxy) is 2. The fraction of sp³-hybridized carbons (Fsp3) is 0.286. The van der Waals surface area contributed by atoms with Crippen LogP contribution in [0.5, 0.6) is 5.75 Å². The number of hydrogen-bond acceptors (Lipinski definition) is 3. The summed E-state index contributed by atoms with van der Waals surface area (Å²) in [5.74, 6) is 0.749. The summed E-state index contributed by atoms with van der Waals surface area (Å²) in [6.45, 7) is 6.82. The molecule has 126 valence electrons. The van der Waals surface area contributed by atoms with E-state index in [1.807, 2.05) is 38.1 Å². The first-order valence-electron chi connectivity index (χ1n) is 8.39. The van der Waals surface area contributed by atoms with E-state index < -0.39 is 0 Å². The van der Waals surface area contributed by atoms with Crippen molar-refractivity contribution >= 4 is 11.9 Å². The first kappa shape index (κ1) is 17.8. The van der Waals surface area contributed by atoms with Gasteiger partial charge in [0.05, 0.1) is 18.8 Å². The van der Waals surface area contributed by atoms with Crippen molar-refractivity contribution < 1.29 is 14.3 Å². The van der Waals surface area contributed by atoms with Crippen molar-refractivity contribution in [2.24, 2.45) is 0 Å². The summed E-state index contributed by atoms with van der Waals surface area (Å²) in [6.07, 6.45) is 2.75. The maximum absolute atomic E-state index is 12.9. The lowest BCUT2D eigenvalue weighted by Gasteiger charge is -2.12. The summed E-state index contributed by atoms with van der Waals surface area (Å²) >= 11 is 0. The molecule has 2 aromatic carbocycles. The van der Waals surface area contributed by atoms with Crippen LogP contribution in [0.2, 0.25) is 0 Å². The molecule has 0 aliphatic rings. The Morgan fingerprint density at radius 1 is 1.00 bits per heavy atom. The minimum atomic E-state index is -0.164. The molecule has 0 aromatic heterocycles. The van der Waals surface area contributed by atoms with Crippen LogP contribution in [0.15, 0.2) is 54.3 Å². The van der Waals surface area contributed by atoms with Crippen LogP contribution in [0.1, 0.15) is 42.3 Å². The molecule has 0 fully saturated rings. The van der Waals surface area contributed by atoms with Gasteiger partial charge >= 0.3 is 0 Å². The van der Waals surface area contributed by atoms with Crippen LogP contribution in [0, 0.1) is 0 Å². The predicted octanol–water partition coefficient (Wildman–Crippen LogP) is 4.91. The van der Waals surface area contributed by atoms with Gasteiger partial charge in [-0.25, -0.2) is 0 Å². The highest BCUT2D eigenvalue weighted by Crippen LogP contribution is 2.23. The SMILES string of the molecule is CCOC(=Cc1cccc(CC)c1)C(=O)c1ccccc1OCC. The Hall–Kier alpha value is -2.55. The van der Waals surface area contributed by atoms with Crippen LogP contribution in [0.3, 0.4) is 0 Å². The lowest BCUT2D eigenvalue weighted by molar-refractivity contribution is 0.0928. The number of carbonyl (C=O) groups excluding carboxylic acids is 1. The standard InChI is InChI=1S/C21H24O3/c1-4-16-10-9-11-17(14-16)15-20(24-6-3)21(22)18-12-7-8-13-19(18)23-5-2/h7-15H,4-6H2,1-3H3. The average Bonchev–Trinajstić information content (AvgIpc) is 2.62. The molecule has 2 aromatic rings. The Bertz CT molecular complexity index is 717. The Morgan fingerprint density at radius 3 is 2.50 bits per heavy atom. The number of aryl methyl sites for hydroxylation is 1. The Kier molecular flexibility index (Phi) is 6.62. The highest BCUT2D eigenvalue weighted by Gasteiger charge is 2.18. The lowest BCUT2D eigenvalue weighted by Crippen LogP contribution is -2.09. The van der Waals surface area contributed by atoms with E-state index in [2.05, 4.69) is 19.1 Å². The molecule has 3 heteroatoms. The van der Waals surface area contributed by atoms with Crippen molar-refractivity contribution in [2.45, 2.75) is 27.2 Å². The second-order valence-electron chi connectivity index (χ2n) is 5.30. The first-order valence-corrected chi connectivity index (χ1v) is 8.39. The van der Waals surface area contributed by atoms with Gasteiger partial charge in [0.25, 0.3) is 0 Å². The fourth-order valence-corrected chi connectivity index (χ4v) is 2.45. The van der Waals surface area contributed by atoms with Gasteiger partial charge in [0.15, 0.2) is 5.76 Å². The molecule has 0 aliphatic carbocycles. The molecule has 0 unspecified atom stereocenters. The van der Waals surface area contributed by atoms with Crippen LogP contribution < -0.4 is 4.74 Å². The smallest absolute Gasteiger partial charge is 0.231 e. The highest BCUT2D eigenvalue weighted by molar-refractivity contribution is 6.11. The minimum absolute atomic E-state index is 0.164. The molecule has 0 amide bonds. The molecule has 0 N–H and O–H groups in total. The van der Waals surface area contributed by atoms with Gasteiger partial charge in [0.1, 0.15) is 5.75 Å². The largest absolute Gasteiger partial charge is 0.493 e. The molecule has 0 spiro atoms. The van der Waals surface area contributed by atoms with E-state index in [4.69, 9.17) is 9.47 Å². The summed E-state index contributed by atoms with van der Waals surface area (Å²) in [4.78, 5) is 12.9. The van der Waals surface area contributed by atoms with Crippen LogP contribution in [0.25, 0.3) is 6.08 Å². The number of allylic oxidation sites excluding steroid dienone is 1. The van der Waals surface area contributed by atoms with E-state index in [1.54, 1.807) is 18.2 Å². The van der Waals surface area contributed by atoms with Gasteiger partial charge in [-0.3, -0.25) is 4.79 Å². The first-order chi connectivity index (χ1) is 11.7. The van der Waals surface area contributed by atoms with Crippen molar-refractivity contribution in [2.75, 3.05) is 13.2 Å². The summed E-state index contributed by atoms with van der Waals surface area (Å²) in [5, 5.41) is 0. The number of rotatable bonds is 8. The third kappa shape index (κ3) is 4.48. The van der Waals surface area contributed by atoms with Gasteiger partial charge in [-0.15, -0.1) is 0 Å². The van der Waals surface area contributed by atoms with Crippen molar-refractivity contribution in [3.05, 3.63) is 71.0 Å². The zero-order chi connectivity index (χ0) is 17.4. The number of carbonyl (C=O) groups is 1. The van der Waals surface area contributed by atoms with Crippen molar-refractivity contribution in [1.82, 2.24) is 0 Å². The quantitative estimate of drug-likeness (QED) is 0.393. The second kappa shape index (κ2) is 8.92. The maximum Gasteiger partial charge on any atom is 0.231 e. The van der Waals surface area contributed by atoms with Crippen molar-refractivity contribution in [3.63, 3.8) is 0 Å². The van der Waals surface area contributed by atoms with E-state index in [0.29, 0.717) is 30.3 Å². The van der Waals surface area contributed by atoms with E-state index in [-0.39, 0.29) is 5.78 Å². The molecule has 0 saturated heterocycles. The number of para-hydroxylation sites is 1. The molecule has 0 heterocycles. The van der Waals surface area contributed by atoms with Gasteiger partial charge in [-0.1, -0.05) is 43.3 Å². The third-order valence-electron chi connectivity index (χ3n) is 3.61. The number of ketones is 1. The third-order valence-corrected chi connectivity index (χ3v) is 3.61. The molecule has 24 heavy (non-hydrogen) atoms. The van der Waals surface area contributed by atoms with E-state index in [0.717, 1.165) is 12.0 Å². The molecular formula is C21H24O3. The summed E-state index contributed by atoms with van der Waals surface area (Å²) in [7, 11) is 0. The highest BCUT2D eigenvalue weighted by atomic mass is 16.5. The fourth-order valence-electron chi connectivity index (χ4n) is 2.45. The molecule has 0 aliphatic heterocycles. The number of benzene rings is 2. The minimum Gasteiger partial charge on any atom is -0.493 e. The van der Waals surface area contributed by atoms with Crippen LogP contribution in [-0.2, 0) is 11.2 Å². The average molecular weight is 324 g/mol. The zero-order valence-corrected chi connectivity index (χ0v) is 14.5. The lowest BCUT2D eigenvalue weighted by atomic mass is 10.0. The van der Waals surface area contributed by atoms with Gasteiger partial charge in [0, 0.05) is 0 Å². The van der Waals surface area contributed by atoms with Crippen LogP contribution in [-0.4, -0.2) is 19.0 Å². The predicted molar refractivity (Wildman–Crippen MR) is 97.4 cm³/mol. The Labute approximate surface area is 143 Å². The summed E-state index contributed by atoms with van der Waals surface area (Å²) in [5.41, 5.74) is 2.70. The zero-order valence-electron chi connectivity index (χ0n) is 14.5. The Balaban J connectivity index is 2.39. The molecule has 0 bridgehead atoms. The maximum atomic E-state index is 12.9. The molecular weight excluding hydrogens is 300 g/mol. The number of hydrogen-bond donors (Lipinski definition) is 0. The molecule has 0 radical (unpaired) electrons. The normalized spacial score (nSPS) is 11.2. The van der Waals surface area contributed by atoms with E-state index in [9.17, 15) is 4.79 Å². The number of Topliss-reactive ketones (excluding diaryl/α,β-unsaturated/α-hetero) is 1. The van der Waals surface area contributed by atoms with Crippen LogP contribution in [0.4, 0.5) is 0 Å². The van der Waals surface area contributed by atoms with Gasteiger partial charge in [-0.2, -0.15) is 0 Å². The van der Waals surface area contributed by atoms with Gasteiger partial charge < -0.3 is 9.47 Å². The molecule has 2 rings (SSSR count). The molecule has 3 nitrogen and oxygen atoms in total. The summed E-state index contributed by atoms with van der Waals surface area (Å²) < 4.78 is 11.2. The Morgan fingerprint density at radius 2 is 1.79 bits per heavy atom. The second-order valence-corrected chi connectivity index (χ2v) is 5.30. The van der Waals surface area contributed by atoms with Gasteiger partial charge in [-0.05, 0) is 49.6 Å². The van der Waals surface area contributed by atoms with E-state index >= 15 is 0 Å². The van der Waals surface area contributed by atoms with Gasteiger partial charge in [0.2, 0.25) is 5.78 Å². The van der Waals surface area contributed by atoms with Crippen LogP contribution >= 0.6 is 0 Å². The molecule has 0 atom stereocenters. The summed E-state index contributed by atoms with van der Waals surface area (Å²) in [6, 6.07) is 15.4. The molecule has 0 saturated carbocycles. The van der Waals surface area contributed by atoms with Crippen molar-refractivity contribution in [3.8, 4) is 5.75 Å². The van der Waals surface area contributed by atoms with E-state index in [1.165, 1.54) is 5.56 Å². The van der Waals surface area contributed by atoms with Crippen molar-refractivity contribution in [1.29, 1.82) is 0 Å². The topological polar surface area (TPSA) is 35.5 Å². The monoisotopic (exact) mass is 324 g/mol.